The quantitative estimate of drug-likeness (QED) is 0.896. The van der Waals surface area contributed by atoms with Crippen molar-refractivity contribution in [3.05, 3.63) is 33.3 Å². The highest BCUT2D eigenvalue weighted by Gasteiger charge is 2.32. The van der Waals surface area contributed by atoms with Crippen molar-refractivity contribution >= 4 is 27.5 Å². The van der Waals surface area contributed by atoms with Gasteiger partial charge in [0.15, 0.2) is 0 Å². The van der Waals surface area contributed by atoms with E-state index in [0.29, 0.717) is 0 Å². The first-order valence-corrected chi connectivity index (χ1v) is 7.79. The third-order valence-corrected chi connectivity index (χ3v) is 5.36. The number of likely N-dealkylation sites (tertiary alicyclic amines) is 1. The minimum absolute atomic E-state index is 0.773. The average Bonchev–Trinajstić information content (AvgIpc) is 2.81. The molecule has 4 heteroatoms. The van der Waals surface area contributed by atoms with Crippen molar-refractivity contribution in [2.24, 2.45) is 5.92 Å². The normalized spacial score (nSPS) is 28.3. The molecule has 2 heterocycles. The molecule has 2 atom stereocenters. The topological polar surface area (TPSA) is 15.3 Å². The van der Waals surface area contributed by atoms with E-state index in [4.69, 9.17) is 11.6 Å². The summed E-state index contributed by atoms with van der Waals surface area (Å²) in [4.78, 5) is 2.56. The predicted octanol–water partition coefficient (Wildman–Crippen LogP) is 3.29. The second-order valence-electron chi connectivity index (χ2n) is 5.38. The first-order valence-electron chi connectivity index (χ1n) is 6.62. The molecule has 18 heavy (non-hydrogen) atoms. The Morgan fingerprint density at radius 3 is 3.11 bits per heavy atom. The third kappa shape index (κ3) is 2.74. The molecule has 0 aliphatic carbocycles. The molecular formula is C14H18BrClN2. The van der Waals surface area contributed by atoms with E-state index >= 15 is 0 Å². The molecule has 0 saturated carbocycles. The Labute approximate surface area is 122 Å². The van der Waals surface area contributed by atoms with Gasteiger partial charge in [-0.3, -0.25) is 4.90 Å². The van der Waals surface area contributed by atoms with Gasteiger partial charge in [0, 0.05) is 23.6 Å². The van der Waals surface area contributed by atoms with E-state index in [1.54, 1.807) is 0 Å². The van der Waals surface area contributed by atoms with Gasteiger partial charge in [0.25, 0.3) is 0 Å². The van der Waals surface area contributed by atoms with Gasteiger partial charge in [0.1, 0.15) is 0 Å². The molecule has 2 nitrogen and oxygen atoms in total. The summed E-state index contributed by atoms with van der Waals surface area (Å²) in [6.45, 7) is 4.65. The number of fused-ring (bicyclic) bond motifs is 1. The molecule has 0 aromatic heterocycles. The summed E-state index contributed by atoms with van der Waals surface area (Å²) in [5.74, 6) is 0.852. The molecule has 98 valence electrons. The standard InChI is InChI=1S/C14H18BrClN2/c15-12-2-1-10(7-13(12)16)8-18-6-4-14-11(9-18)3-5-17-14/h1-2,7,11,14,17H,3-6,8-9H2. The Kier molecular flexibility index (Phi) is 3.94. The van der Waals surface area contributed by atoms with E-state index < -0.39 is 0 Å². The van der Waals surface area contributed by atoms with E-state index in [0.717, 1.165) is 28.0 Å². The number of halogens is 2. The van der Waals surface area contributed by atoms with Gasteiger partial charge in [-0.25, -0.2) is 0 Å². The summed E-state index contributed by atoms with van der Waals surface area (Å²) in [5.41, 5.74) is 1.31. The first kappa shape index (κ1) is 12.9. The lowest BCUT2D eigenvalue weighted by Gasteiger charge is -2.34. The molecule has 0 spiro atoms. The average molecular weight is 330 g/mol. The Morgan fingerprint density at radius 2 is 2.28 bits per heavy atom. The second-order valence-corrected chi connectivity index (χ2v) is 6.64. The molecule has 2 aliphatic rings. The summed E-state index contributed by atoms with van der Waals surface area (Å²) in [6.07, 6.45) is 2.62. The summed E-state index contributed by atoms with van der Waals surface area (Å²) >= 11 is 9.58. The Bertz CT molecular complexity index is 438. The lowest BCUT2D eigenvalue weighted by molar-refractivity contribution is 0.156. The third-order valence-electron chi connectivity index (χ3n) is 4.13. The van der Waals surface area contributed by atoms with E-state index in [9.17, 15) is 0 Å². The summed E-state index contributed by atoms with van der Waals surface area (Å²) < 4.78 is 0.978. The van der Waals surface area contributed by atoms with E-state index in [2.05, 4.69) is 38.3 Å². The fourth-order valence-electron chi connectivity index (χ4n) is 3.16. The number of benzene rings is 1. The van der Waals surface area contributed by atoms with E-state index in [1.807, 2.05) is 6.07 Å². The molecule has 1 N–H and O–H groups in total. The molecular weight excluding hydrogens is 312 g/mol. The highest BCUT2D eigenvalue weighted by atomic mass is 79.9. The zero-order valence-corrected chi connectivity index (χ0v) is 12.7. The van der Waals surface area contributed by atoms with Crippen LogP contribution in [0.5, 0.6) is 0 Å². The van der Waals surface area contributed by atoms with Crippen LogP contribution in [-0.2, 0) is 6.54 Å². The molecule has 0 bridgehead atoms. The highest BCUT2D eigenvalue weighted by Crippen LogP contribution is 2.27. The zero-order valence-electron chi connectivity index (χ0n) is 10.3. The van der Waals surface area contributed by atoms with Gasteiger partial charge in [0.05, 0.1) is 5.02 Å². The molecule has 0 amide bonds. The summed E-state index contributed by atoms with van der Waals surface area (Å²) in [5, 5.41) is 4.42. The molecule has 0 radical (unpaired) electrons. The largest absolute Gasteiger partial charge is 0.314 e. The van der Waals surface area contributed by atoms with Crippen LogP contribution in [0.4, 0.5) is 0 Å². The van der Waals surface area contributed by atoms with Gasteiger partial charge in [-0.2, -0.15) is 0 Å². The minimum Gasteiger partial charge on any atom is -0.314 e. The smallest absolute Gasteiger partial charge is 0.0551 e. The van der Waals surface area contributed by atoms with Crippen LogP contribution in [0.3, 0.4) is 0 Å². The Balaban J connectivity index is 1.64. The fraction of sp³-hybridized carbons (Fsp3) is 0.571. The number of nitrogens with one attached hydrogen (secondary N) is 1. The lowest BCUT2D eigenvalue weighted by Crippen LogP contribution is -2.43. The molecule has 2 saturated heterocycles. The van der Waals surface area contributed by atoms with E-state index in [-0.39, 0.29) is 0 Å². The molecule has 1 aromatic rings. The van der Waals surface area contributed by atoms with Gasteiger partial charge in [0.2, 0.25) is 0 Å². The maximum atomic E-state index is 6.15. The SMILES string of the molecule is Clc1cc(CN2CCC3NCCC3C2)ccc1Br. The highest BCUT2D eigenvalue weighted by molar-refractivity contribution is 9.10. The number of rotatable bonds is 2. The van der Waals surface area contributed by atoms with Crippen LogP contribution >= 0.6 is 27.5 Å². The van der Waals surface area contributed by atoms with Gasteiger partial charge >= 0.3 is 0 Å². The van der Waals surface area contributed by atoms with Gasteiger partial charge in [-0.15, -0.1) is 0 Å². The second kappa shape index (κ2) is 5.49. The number of piperidine rings is 1. The molecule has 1 aromatic carbocycles. The maximum Gasteiger partial charge on any atom is 0.0551 e. The van der Waals surface area contributed by atoms with Crippen molar-refractivity contribution in [3.63, 3.8) is 0 Å². The predicted molar refractivity (Wildman–Crippen MR) is 78.9 cm³/mol. The van der Waals surface area contributed by atoms with Gasteiger partial charge in [-0.05, 0) is 65.5 Å². The van der Waals surface area contributed by atoms with Crippen molar-refractivity contribution in [2.75, 3.05) is 19.6 Å². The molecule has 3 rings (SSSR count). The monoisotopic (exact) mass is 328 g/mol. The van der Waals surface area contributed by atoms with Crippen LogP contribution in [0.2, 0.25) is 5.02 Å². The Hall–Kier alpha value is -0.0900. The van der Waals surface area contributed by atoms with Crippen molar-refractivity contribution in [2.45, 2.75) is 25.4 Å². The van der Waals surface area contributed by atoms with Crippen molar-refractivity contribution in [1.82, 2.24) is 10.2 Å². The molecule has 2 fully saturated rings. The van der Waals surface area contributed by atoms with Crippen molar-refractivity contribution < 1.29 is 0 Å². The molecule has 2 aliphatic heterocycles. The van der Waals surface area contributed by atoms with Crippen LogP contribution in [0.25, 0.3) is 0 Å². The van der Waals surface area contributed by atoms with Crippen molar-refractivity contribution in [3.8, 4) is 0 Å². The maximum absolute atomic E-state index is 6.15. The summed E-state index contributed by atoms with van der Waals surface area (Å²) in [6, 6.07) is 7.05. The molecule has 2 unspecified atom stereocenters. The lowest BCUT2D eigenvalue weighted by atomic mass is 9.93. The first-order chi connectivity index (χ1) is 8.72. The minimum atomic E-state index is 0.773. The van der Waals surface area contributed by atoms with Crippen LogP contribution in [-0.4, -0.2) is 30.6 Å². The zero-order chi connectivity index (χ0) is 12.5. The van der Waals surface area contributed by atoms with Crippen LogP contribution in [0.1, 0.15) is 18.4 Å². The van der Waals surface area contributed by atoms with Crippen LogP contribution in [0, 0.1) is 5.92 Å². The van der Waals surface area contributed by atoms with Gasteiger partial charge < -0.3 is 5.32 Å². The van der Waals surface area contributed by atoms with E-state index in [1.165, 1.54) is 38.0 Å². The summed E-state index contributed by atoms with van der Waals surface area (Å²) in [7, 11) is 0. The fourth-order valence-corrected chi connectivity index (χ4v) is 3.61. The Morgan fingerprint density at radius 1 is 1.39 bits per heavy atom. The van der Waals surface area contributed by atoms with Crippen LogP contribution < -0.4 is 5.32 Å². The number of hydrogen-bond donors (Lipinski definition) is 1. The van der Waals surface area contributed by atoms with Crippen molar-refractivity contribution in [1.29, 1.82) is 0 Å². The van der Waals surface area contributed by atoms with Gasteiger partial charge in [-0.1, -0.05) is 17.7 Å². The number of hydrogen-bond acceptors (Lipinski definition) is 2. The number of nitrogens with zero attached hydrogens (tertiary/aromatic N) is 1. The van der Waals surface area contributed by atoms with Crippen LogP contribution in [0.15, 0.2) is 22.7 Å².